The van der Waals surface area contributed by atoms with Gasteiger partial charge in [0.25, 0.3) is 0 Å². The van der Waals surface area contributed by atoms with Gasteiger partial charge in [-0.25, -0.2) is 4.39 Å². The van der Waals surface area contributed by atoms with E-state index in [0.29, 0.717) is 22.4 Å². The highest BCUT2D eigenvalue weighted by Gasteiger charge is 2.40. The molecule has 34 heavy (non-hydrogen) atoms. The Hall–Kier alpha value is -2.56. The van der Waals surface area contributed by atoms with Crippen LogP contribution in [0.5, 0.6) is 5.75 Å². The van der Waals surface area contributed by atoms with Crippen molar-refractivity contribution in [1.29, 1.82) is 0 Å². The van der Waals surface area contributed by atoms with Crippen molar-refractivity contribution in [2.45, 2.75) is 77.0 Å². The summed E-state index contributed by atoms with van der Waals surface area (Å²) in [5.74, 6) is -0.0546. The van der Waals surface area contributed by atoms with Crippen LogP contribution in [0.4, 0.5) is 17.6 Å². The summed E-state index contributed by atoms with van der Waals surface area (Å²) in [6.45, 7) is 4.53. The monoisotopic (exact) mass is 472 g/mol. The third kappa shape index (κ3) is 4.94. The van der Waals surface area contributed by atoms with Crippen molar-refractivity contribution >= 4 is 10.8 Å². The lowest BCUT2D eigenvalue weighted by atomic mass is 9.60. The Balaban J connectivity index is 1.70. The normalized spacial score (nSPS) is 17.0. The molecule has 0 spiro atoms. The molecule has 1 atom stereocenters. The second-order valence-electron chi connectivity index (χ2n) is 9.55. The first-order chi connectivity index (χ1) is 16.3. The standard InChI is InChI=1S/C29H32F4O/c1-3-8-22(4-2)28(17-6-5-7-18-28)23-12-16-26-21(19-23)11-15-25(27(26)30)20-9-13-24(14-10-20)34-29(31,32)33/h9-16,19,22H,3-8,17-18H2,1-2H3. The Morgan fingerprint density at radius 1 is 0.912 bits per heavy atom. The molecule has 1 unspecified atom stereocenters. The Morgan fingerprint density at radius 3 is 2.24 bits per heavy atom. The summed E-state index contributed by atoms with van der Waals surface area (Å²) in [7, 11) is 0. The van der Waals surface area contributed by atoms with Crippen molar-refractivity contribution in [3.8, 4) is 16.9 Å². The molecule has 1 saturated carbocycles. The van der Waals surface area contributed by atoms with Gasteiger partial charge in [-0.3, -0.25) is 0 Å². The predicted octanol–water partition coefficient (Wildman–Crippen LogP) is 9.57. The summed E-state index contributed by atoms with van der Waals surface area (Å²) in [5.41, 5.74) is 2.35. The molecule has 0 radical (unpaired) electrons. The minimum atomic E-state index is -4.75. The van der Waals surface area contributed by atoms with Crippen molar-refractivity contribution in [3.63, 3.8) is 0 Å². The molecule has 1 aliphatic rings. The minimum absolute atomic E-state index is 0.153. The first-order valence-electron chi connectivity index (χ1n) is 12.4. The molecule has 1 aliphatic carbocycles. The molecule has 4 rings (SSSR count). The minimum Gasteiger partial charge on any atom is -0.406 e. The van der Waals surface area contributed by atoms with Crippen LogP contribution in [0.1, 0.15) is 70.8 Å². The van der Waals surface area contributed by atoms with Gasteiger partial charge in [0.05, 0.1) is 0 Å². The molecule has 0 N–H and O–H groups in total. The summed E-state index contributed by atoms with van der Waals surface area (Å²) in [6.07, 6.45) is 4.88. The van der Waals surface area contributed by atoms with E-state index in [0.717, 1.165) is 11.8 Å². The number of hydrogen-bond donors (Lipinski definition) is 0. The Morgan fingerprint density at radius 2 is 1.62 bits per heavy atom. The molecule has 0 amide bonds. The van der Waals surface area contributed by atoms with E-state index in [1.54, 1.807) is 6.07 Å². The van der Waals surface area contributed by atoms with E-state index in [9.17, 15) is 13.2 Å². The van der Waals surface area contributed by atoms with Crippen LogP contribution in [0.3, 0.4) is 0 Å². The van der Waals surface area contributed by atoms with Crippen molar-refractivity contribution in [2.75, 3.05) is 0 Å². The van der Waals surface area contributed by atoms with Crippen molar-refractivity contribution in [1.82, 2.24) is 0 Å². The molecule has 5 heteroatoms. The van der Waals surface area contributed by atoms with E-state index in [4.69, 9.17) is 0 Å². The van der Waals surface area contributed by atoms with Gasteiger partial charge in [-0.15, -0.1) is 13.2 Å². The maximum absolute atomic E-state index is 15.5. The largest absolute Gasteiger partial charge is 0.573 e. The Bertz CT molecular complexity index is 1110. The van der Waals surface area contributed by atoms with Crippen LogP contribution in [-0.4, -0.2) is 6.36 Å². The van der Waals surface area contributed by atoms with E-state index >= 15 is 4.39 Å². The van der Waals surface area contributed by atoms with Gasteiger partial charge in [0.2, 0.25) is 0 Å². The SMILES string of the molecule is CCCC(CC)C1(c2ccc3c(F)c(-c4ccc(OC(F)(F)F)cc4)ccc3c2)CCCCC1. The van der Waals surface area contributed by atoms with Gasteiger partial charge in [0.15, 0.2) is 0 Å². The molecule has 3 aromatic rings. The number of fused-ring (bicyclic) bond motifs is 1. The van der Waals surface area contributed by atoms with E-state index in [-0.39, 0.29) is 17.0 Å². The quantitative estimate of drug-likeness (QED) is 0.311. The molecule has 0 saturated heterocycles. The molecule has 1 fully saturated rings. The third-order valence-corrected chi connectivity index (χ3v) is 7.59. The third-order valence-electron chi connectivity index (χ3n) is 7.59. The smallest absolute Gasteiger partial charge is 0.406 e. The summed E-state index contributed by atoms with van der Waals surface area (Å²) in [4.78, 5) is 0. The van der Waals surface area contributed by atoms with Gasteiger partial charge in [-0.1, -0.05) is 88.4 Å². The summed E-state index contributed by atoms with van der Waals surface area (Å²) < 4.78 is 56.7. The van der Waals surface area contributed by atoms with E-state index in [1.807, 2.05) is 12.1 Å². The van der Waals surface area contributed by atoms with Gasteiger partial charge in [0, 0.05) is 10.9 Å². The maximum Gasteiger partial charge on any atom is 0.573 e. The van der Waals surface area contributed by atoms with Crippen LogP contribution in [0.2, 0.25) is 0 Å². The molecule has 0 aromatic heterocycles. The second-order valence-corrected chi connectivity index (χ2v) is 9.55. The summed E-state index contributed by atoms with van der Waals surface area (Å²) in [5, 5.41) is 1.40. The molecule has 0 bridgehead atoms. The van der Waals surface area contributed by atoms with Gasteiger partial charge in [0.1, 0.15) is 11.6 Å². The lowest BCUT2D eigenvalue weighted by Crippen LogP contribution is -2.37. The van der Waals surface area contributed by atoms with Crippen LogP contribution < -0.4 is 4.74 Å². The Kier molecular flexibility index (Phi) is 7.20. The van der Waals surface area contributed by atoms with Crippen LogP contribution >= 0.6 is 0 Å². The number of rotatable bonds is 7. The molecule has 0 heterocycles. The molecule has 182 valence electrons. The summed E-state index contributed by atoms with van der Waals surface area (Å²) >= 11 is 0. The van der Waals surface area contributed by atoms with E-state index in [2.05, 4.69) is 30.7 Å². The van der Waals surface area contributed by atoms with Crippen LogP contribution in [0.25, 0.3) is 21.9 Å². The highest BCUT2D eigenvalue weighted by molar-refractivity contribution is 5.89. The van der Waals surface area contributed by atoms with E-state index in [1.165, 1.54) is 74.8 Å². The number of halogens is 4. The lowest BCUT2D eigenvalue weighted by Gasteiger charge is -2.44. The fraction of sp³-hybridized carbons (Fsp3) is 0.448. The Labute approximate surface area is 199 Å². The van der Waals surface area contributed by atoms with Crippen molar-refractivity contribution in [3.05, 3.63) is 66.0 Å². The van der Waals surface area contributed by atoms with Crippen LogP contribution in [0.15, 0.2) is 54.6 Å². The summed E-state index contributed by atoms with van der Waals surface area (Å²) in [6, 6.07) is 15.1. The fourth-order valence-electron chi connectivity index (χ4n) is 6.00. The van der Waals surface area contributed by atoms with Gasteiger partial charge < -0.3 is 4.74 Å². The molecular formula is C29H32F4O. The number of ether oxygens (including phenoxy) is 1. The molecule has 3 aromatic carbocycles. The zero-order valence-corrected chi connectivity index (χ0v) is 19.9. The van der Waals surface area contributed by atoms with E-state index < -0.39 is 6.36 Å². The fourth-order valence-corrected chi connectivity index (χ4v) is 6.00. The number of alkyl halides is 3. The van der Waals surface area contributed by atoms with Crippen molar-refractivity contribution < 1.29 is 22.3 Å². The highest BCUT2D eigenvalue weighted by atomic mass is 19.4. The average molecular weight is 473 g/mol. The molecular weight excluding hydrogens is 440 g/mol. The van der Waals surface area contributed by atoms with Crippen LogP contribution in [0, 0.1) is 11.7 Å². The lowest BCUT2D eigenvalue weighted by molar-refractivity contribution is -0.274. The zero-order valence-electron chi connectivity index (χ0n) is 19.9. The van der Waals surface area contributed by atoms with Gasteiger partial charge in [-0.05, 0) is 59.2 Å². The predicted molar refractivity (Wildman–Crippen MR) is 129 cm³/mol. The van der Waals surface area contributed by atoms with Gasteiger partial charge >= 0.3 is 6.36 Å². The maximum atomic E-state index is 15.5. The average Bonchev–Trinajstić information content (AvgIpc) is 2.82. The second kappa shape index (κ2) is 9.97. The van der Waals surface area contributed by atoms with Crippen LogP contribution in [-0.2, 0) is 5.41 Å². The highest BCUT2D eigenvalue weighted by Crippen LogP contribution is 2.49. The molecule has 1 nitrogen and oxygen atoms in total. The first kappa shape index (κ1) is 24.6. The molecule has 0 aliphatic heterocycles. The van der Waals surface area contributed by atoms with Crippen molar-refractivity contribution in [2.24, 2.45) is 5.92 Å². The first-order valence-corrected chi connectivity index (χ1v) is 12.4. The zero-order chi connectivity index (χ0) is 24.3. The van der Waals surface area contributed by atoms with Gasteiger partial charge in [-0.2, -0.15) is 0 Å². The number of benzene rings is 3. The number of hydrogen-bond acceptors (Lipinski definition) is 1. The topological polar surface area (TPSA) is 9.23 Å².